The normalized spacial score (nSPS) is 18.0. The second kappa shape index (κ2) is 8.04. The van der Waals surface area contributed by atoms with Gasteiger partial charge in [0.15, 0.2) is 0 Å². The number of aliphatic hydroxyl groups is 1. The number of hydrogen-bond acceptors (Lipinski definition) is 5. The number of aliphatic hydroxyl groups excluding tert-OH is 1. The summed E-state index contributed by atoms with van der Waals surface area (Å²) in [6, 6.07) is 12.5. The van der Waals surface area contributed by atoms with Crippen molar-refractivity contribution >= 4 is 0 Å². The van der Waals surface area contributed by atoms with Crippen molar-refractivity contribution in [3.8, 4) is 0 Å². The van der Waals surface area contributed by atoms with E-state index in [2.05, 4.69) is 45.8 Å². The van der Waals surface area contributed by atoms with Crippen molar-refractivity contribution < 1.29 is 9.84 Å². The number of aryl methyl sites for hydroxylation is 2. The Labute approximate surface area is 149 Å². The highest BCUT2D eigenvalue weighted by Gasteiger charge is 2.40. The molecule has 134 valence electrons. The van der Waals surface area contributed by atoms with Gasteiger partial charge in [-0.1, -0.05) is 30.3 Å². The van der Waals surface area contributed by atoms with Gasteiger partial charge in [0, 0.05) is 31.2 Å². The van der Waals surface area contributed by atoms with Crippen molar-refractivity contribution in [2.45, 2.75) is 39.3 Å². The Morgan fingerprint density at radius 3 is 2.56 bits per heavy atom. The maximum Gasteiger partial charge on any atom is 0.0645 e. The van der Waals surface area contributed by atoms with Gasteiger partial charge in [0.05, 0.1) is 18.0 Å². The molecule has 1 aromatic heterocycles. The molecule has 1 aliphatic rings. The lowest BCUT2D eigenvalue weighted by Gasteiger charge is -2.43. The van der Waals surface area contributed by atoms with Gasteiger partial charge < -0.3 is 15.2 Å². The molecular weight excluding hydrogens is 314 g/mol. The minimum atomic E-state index is -0.205. The van der Waals surface area contributed by atoms with Gasteiger partial charge >= 0.3 is 0 Å². The van der Waals surface area contributed by atoms with Crippen LogP contribution in [0, 0.1) is 19.3 Å². The van der Waals surface area contributed by atoms with Crippen molar-refractivity contribution in [1.29, 1.82) is 0 Å². The third kappa shape index (κ3) is 4.06. The average molecular weight is 341 g/mol. The van der Waals surface area contributed by atoms with Crippen LogP contribution in [0.25, 0.3) is 0 Å². The Hall–Kier alpha value is -1.82. The van der Waals surface area contributed by atoms with E-state index in [9.17, 15) is 5.11 Å². The lowest BCUT2D eigenvalue weighted by atomic mass is 9.72. The summed E-state index contributed by atoms with van der Waals surface area (Å²) in [4.78, 5) is 0. The van der Waals surface area contributed by atoms with Crippen LogP contribution in [-0.4, -0.2) is 35.1 Å². The van der Waals surface area contributed by atoms with Crippen LogP contribution < -0.4 is 5.32 Å². The van der Waals surface area contributed by atoms with E-state index in [1.54, 1.807) is 0 Å². The summed E-state index contributed by atoms with van der Waals surface area (Å²) in [5.41, 5.74) is 4.00. The molecule has 1 saturated heterocycles. The zero-order valence-corrected chi connectivity index (χ0v) is 15.0. The van der Waals surface area contributed by atoms with E-state index < -0.39 is 0 Å². The predicted octanol–water partition coefficient (Wildman–Crippen LogP) is 2.71. The molecule has 1 fully saturated rings. The van der Waals surface area contributed by atoms with Crippen molar-refractivity contribution in [2.24, 2.45) is 5.41 Å². The summed E-state index contributed by atoms with van der Waals surface area (Å²) >= 11 is 0. The van der Waals surface area contributed by atoms with E-state index in [4.69, 9.17) is 4.74 Å². The molecule has 0 saturated carbocycles. The fraction of sp³-hybridized carbons (Fsp3) is 0.500. The molecule has 2 aromatic rings. The van der Waals surface area contributed by atoms with E-state index in [-0.39, 0.29) is 18.1 Å². The first-order valence-electron chi connectivity index (χ1n) is 8.91. The average Bonchev–Trinajstić information content (AvgIpc) is 2.66. The number of nitrogens with zero attached hydrogens (tertiary/aromatic N) is 2. The fourth-order valence-electron chi connectivity index (χ4n) is 3.64. The summed E-state index contributed by atoms with van der Waals surface area (Å²) in [5.74, 6) is 0. The Morgan fingerprint density at radius 1 is 1.16 bits per heavy atom. The van der Waals surface area contributed by atoms with E-state index in [0.717, 1.165) is 29.8 Å². The number of benzene rings is 1. The van der Waals surface area contributed by atoms with Crippen molar-refractivity contribution in [3.05, 3.63) is 58.9 Å². The highest BCUT2D eigenvalue weighted by molar-refractivity contribution is 5.24. The quantitative estimate of drug-likeness (QED) is 0.846. The van der Waals surface area contributed by atoms with Gasteiger partial charge in [-0.3, -0.25) is 0 Å². The Balaban J connectivity index is 1.87. The van der Waals surface area contributed by atoms with Crippen LogP contribution in [0.1, 0.15) is 41.4 Å². The maximum atomic E-state index is 10.3. The Morgan fingerprint density at radius 2 is 1.88 bits per heavy atom. The number of nitrogens with one attached hydrogen (secondary N) is 1. The molecule has 1 atom stereocenters. The zero-order valence-electron chi connectivity index (χ0n) is 15.0. The predicted molar refractivity (Wildman–Crippen MR) is 97.1 cm³/mol. The fourth-order valence-corrected chi connectivity index (χ4v) is 3.64. The van der Waals surface area contributed by atoms with Crippen LogP contribution in [0.15, 0.2) is 36.4 Å². The largest absolute Gasteiger partial charge is 0.396 e. The summed E-state index contributed by atoms with van der Waals surface area (Å²) < 4.78 is 5.55. The minimum Gasteiger partial charge on any atom is -0.396 e. The lowest BCUT2D eigenvalue weighted by Crippen LogP contribution is -2.44. The summed E-state index contributed by atoms with van der Waals surface area (Å²) in [7, 11) is 0. The molecule has 1 aromatic carbocycles. The molecule has 0 radical (unpaired) electrons. The number of ether oxygens (including phenoxy) is 1. The molecule has 0 spiro atoms. The van der Waals surface area contributed by atoms with Crippen LogP contribution in [0.5, 0.6) is 0 Å². The topological polar surface area (TPSA) is 67.3 Å². The van der Waals surface area contributed by atoms with Gasteiger partial charge in [-0.2, -0.15) is 10.2 Å². The first-order valence-corrected chi connectivity index (χ1v) is 8.91. The molecular formula is C20H27N3O2. The van der Waals surface area contributed by atoms with Gasteiger partial charge in [-0.15, -0.1) is 0 Å². The second-order valence-corrected chi connectivity index (χ2v) is 6.95. The van der Waals surface area contributed by atoms with Crippen LogP contribution in [0.3, 0.4) is 0 Å². The summed E-state index contributed by atoms with van der Waals surface area (Å²) in [5, 5.41) is 22.3. The molecule has 0 amide bonds. The first-order chi connectivity index (χ1) is 12.1. The molecule has 0 bridgehead atoms. The SMILES string of the molecule is Cc1cc(CNC(c2ccccc2)C2(CO)CCOCC2)c(C)nn1. The molecule has 2 heterocycles. The Kier molecular flexibility index (Phi) is 5.78. The van der Waals surface area contributed by atoms with Crippen LogP contribution >= 0.6 is 0 Å². The van der Waals surface area contributed by atoms with E-state index in [1.807, 2.05) is 19.9 Å². The van der Waals surface area contributed by atoms with Gasteiger partial charge in [0.1, 0.15) is 0 Å². The highest BCUT2D eigenvalue weighted by Crippen LogP contribution is 2.42. The van der Waals surface area contributed by atoms with Crippen LogP contribution in [0.4, 0.5) is 0 Å². The molecule has 5 heteroatoms. The van der Waals surface area contributed by atoms with Gasteiger partial charge in [0.25, 0.3) is 0 Å². The lowest BCUT2D eigenvalue weighted by molar-refractivity contribution is -0.0387. The van der Waals surface area contributed by atoms with E-state index >= 15 is 0 Å². The number of aromatic nitrogens is 2. The van der Waals surface area contributed by atoms with Crippen molar-refractivity contribution in [1.82, 2.24) is 15.5 Å². The molecule has 1 aliphatic heterocycles. The van der Waals surface area contributed by atoms with Gasteiger partial charge in [0.2, 0.25) is 0 Å². The smallest absolute Gasteiger partial charge is 0.0645 e. The maximum absolute atomic E-state index is 10.3. The second-order valence-electron chi connectivity index (χ2n) is 6.95. The molecule has 1 unspecified atom stereocenters. The standard InChI is InChI=1S/C20H27N3O2/c1-15-12-18(16(2)23-22-15)13-21-19(17-6-4-3-5-7-17)20(14-24)8-10-25-11-9-20/h3-7,12,19,21,24H,8-11,13-14H2,1-2H3. The van der Waals surface area contributed by atoms with Gasteiger partial charge in [-0.05, 0) is 43.9 Å². The van der Waals surface area contributed by atoms with E-state index in [0.29, 0.717) is 19.8 Å². The van der Waals surface area contributed by atoms with Crippen molar-refractivity contribution in [3.63, 3.8) is 0 Å². The third-order valence-electron chi connectivity index (χ3n) is 5.25. The number of hydrogen-bond donors (Lipinski definition) is 2. The Bertz CT molecular complexity index is 685. The number of rotatable bonds is 6. The third-order valence-corrected chi connectivity index (χ3v) is 5.25. The molecule has 25 heavy (non-hydrogen) atoms. The van der Waals surface area contributed by atoms with Gasteiger partial charge in [-0.25, -0.2) is 0 Å². The van der Waals surface area contributed by atoms with Crippen LogP contribution in [-0.2, 0) is 11.3 Å². The molecule has 5 nitrogen and oxygen atoms in total. The monoisotopic (exact) mass is 341 g/mol. The first kappa shape index (κ1) is 18.0. The van der Waals surface area contributed by atoms with Crippen molar-refractivity contribution in [2.75, 3.05) is 19.8 Å². The molecule has 0 aliphatic carbocycles. The summed E-state index contributed by atoms with van der Waals surface area (Å²) in [6.45, 7) is 6.18. The van der Waals surface area contributed by atoms with E-state index in [1.165, 1.54) is 5.56 Å². The van der Waals surface area contributed by atoms with Crippen LogP contribution in [0.2, 0.25) is 0 Å². The molecule has 2 N–H and O–H groups in total. The minimum absolute atomic E-state index is 0.0653. The summed E-state index contributed by atoms with van der Waals surface area (Å²) in [6.07, 6.45) is 1.70. The highest BCUT2D eigenvalue weighted by atomic mass is 16.5. The zero-order chi connectivity index (χ0) is 17.7. The molecule has 3 rings (SSSR count).